The number of ether oxygens (including phenoxy) is 2. The lowest BCUT2D eigenvalue weighted by atomic mass is 9.83. The first-order valence-corrected chi connectivity index (χ1v) is 13.2. The first kappa shape index (κ1) is 24.7. The van der Waals surface area contributed by atoms with E-state index in [4.69, 9.17) is 9.47 Å². The first-order valence-electron chi connectivity index (χ1n) is 13.2. The van der Waals surface area contributed by atoms with E-state index < -0.39 is 0 Å². The molecule has 2 nitrogen and oxygen atoms in total. The van der Waals surface area contributed by atoms with Gasteiger partial charge in [0.1, 0.15) is 11.5 Å². The number of hydrogen-bond acceptors (Lipinski definition) is 2. The molecule has 0 radical (unpaired) electrons. The molecule has 176 valence electrons. The van der Waals surface area contributed by atoms with Crippen molar-refractivity contribution in [3.63, 3.8) is 0 Å². The lowest BCUT2D eigenvalue weighted by Gasteiger charge is -2.28. The normalized spacial score (nSPS) is 18.4. The summed E-state index contributed by atoms with van der Waals surface area (Å²) in [5.74, 6) is 3.40. The predicted octanol–water partition coefficient (Wildman–Crippen LogP) is 8.42. The van der Waals surface area contributed by atoms with Crippen molar-refractivity contribution in [3.8, 4) is 11.5 Å². The zero-order valence-corrected chi connectivity index (χ0v) is 20.5. The highest BCUT2D eigenvalue weighted by atomic mass is 16.5. The molecule has 0 heterocycles. The van der Waals surface area contributed by atoms with Crippen LogP contribution in [-0.2, 0) is 12.8 Å². The second-order valence-corrected chi connectivity index (χ2v) is 9.71. The standard InChI is InChI=1S/C30H44O2/c1-3-5-7-9-25-15-19-29(20-16-25)31-23-27-11-13-28(14-12-27)24-32-30-21-17-26(18-22-30)10-8-6-4-2/h15-22,27-28H,3-14,23-24H2,1-2H3. The van der Waals surface area contributed by atoms with Gasteiger partial charge in [-0.1, -0.05) is 63.8 Å². The van der Waals surface area contributed by atoms with Crippen LogP contribution in [-0.4, -0.2) is 13.2 Å². The summed E-state index contributed by atoms with van der Waals surface area (Å²) in [6, 6.07) is 17.5. The Morgan fingerprint density at radius 2 is 0.938 bits per heavy atom. The lowest BCUT2D eigenvalue weighted by Crippen LogP contribution is -2.23. The number of unbranched alkanes of at least 4 members (excludes halogenated alkanes) is 4. The minimum atomic E-state index is 0.679. The maximum Gasteiger partial charge on any atom is 0.119 e. The fourth-order valence-electron chi connectivity index (χ4n) is 4.66. The summed E-state index contributed by atoms with van der Waals surface area (Å²) in [6.07, 6.45) is 15.1. The van der Waals surface area contributed by atoms with Gasteiger partial charge in [0.15, 0.2) is 0 Å². The highest BCUT2D eigenvalue weighted by Crippen LogP contribution is 2.30. The van der Waals surface area contributed by atoms with E-state index in [-0.39, 0.29) is 0 Å². The molecule has 1 fully saturated rings. The van der Waals surface area contributed by atoms with E-state index in [1.165, 1.54) is 88.2 Å². The molecule has 1 aliphatic carbocycles. The van der Waals surface area contributed by atoms with Crippen molar-refractivity contribution in [3.05, 3.63) is 59.7 Å². The van der Waals surface area contributed by atoms with E-state index in [1.807, 2.05) is 0 Å². The van der Waals surface area contributed by atoms with Crippen molar-refractivity contribution in [2.75, 3.05) is 13.2 Å². The predicted molar refractivity (Wildman–Crippen MR) is 136 cm³/mol. The van der Waals surface area contributed by atoms with Gasteiger partial charge in [-0.05, 0) is 98.6 Å². The third-order valence-electron chi connectivity index (χ3n) is 6.92. The Morgan fingerprint density at radius 3 is 1.28 bits per heavy atom. The molecule has 32 heavy (non-hydrogen) atoms. The molecule has 0 unspecified atom stereocenters. The fourth-order valence-corrected chi connectivity index (χ4v) is 4.66. The van der Waals surface area contributed by atoms with Gasteiger partial charge in [0.05, 0.1) is 13.2 Å². The van der Waals surface area contributed by atoms with Crippen LogP contribution in [0.1, 0.15) is 89.2 Å². The third-order valence-corrected chi connectivity index (χ3v) is 6.92. The molecule has 0 N–H and O–H groups in total. The molecule has 1 aliphatic rings. The Kier molecular flexibility index (Phi) is 11.0. The van der Waals surface area contributed by atoms with Crippen LogP contribution in [0, 0.1) is 11.8 Å². The van der Waals surface area contributed by atoms with Gasteiger partial charge in [0.25, 0.3) is 0 Å². The van der Waals surface area contributed by atoms with Crippen molar-refractivity contribution in [1.29, 1.82) is 0 Å². The molecule has 2 aromatic rings. The molecular weight excluding hydrogens is 392 g/mol. The van der Waals surface area contributed by atoms with E-state index in [2.05, 4.69) is 62.4 Å². The monoisotopic (exact) mass is 436 g/mol. The molecule has 0 saturated heterocycles. The van der Waals surface area contributed by atoms with Gasteiger partial charge in [0, 0.05) is 0 Å². The SMILES string of the molecule is CCCCCc1ccc(OCC2CCC(COc3ccc(CCCCC)cc3)CC2)cc1. The van der Waals surface area contributed by atoms with E-state index in [1.54, 1.807) is 0 Å². The third kappa shape index (κ3) is 8.88. The minimum absolute atomic E-state index is 0.679. The molecule has 0 aliphatic heterocycles. The minimum Gasteiger partial charge on any atom is -0.493 e. The Hall–Kier alpha value is -1.96. The summed E-state index contributed by atoms with van der Waals surface area (Å²) in [5.41, 5.74) is 2.86. The van der Waals surface area contributed by atoms with Gasteiger partial charge in [-0.2, -0.15) is 0 Å². The van der Waals surface area contributed by atoms with Crippen LogP contribution < -0.4 is 9.47 Å². The Bertz CT molecular complexity index is 661. The van der Waals surface area contributed by atoms with Crippen LogP contribution in [0.4, 0.5) is 0 Å². The van der Waals surface area contributed by atoms with Crippen LogP contribution in [0.15, 0.2) is 48.5 Å². The van der Waals surface area contributed by atoms with Gasteiger partial charge in [-0.25, -0.2) is 0 Å². The van der Waals surface area contributed by atoms with Crippen LogP contribution in [0.2, 0.25) is 0 Å². The summed E-state index contributed by atoms with van der Waals surface area (Å²) < 4.78 is 12.2. The summed E-state index contributed by atoms with van der Waals surface area (Å²) >= 11 is 0. The van der Waals surface area contributed by atoms with Crippen molar-refractivity contribution in [2.45, 2.75) is 90.9 Å². The highest BCUT2D eigenvalue weighted by Gasteiger charge is 2.22. The molecule has 0 aromatic heterocycles. The maximum absolute atomic E-state index is 6.11. The zero-order chi connectivity index (χ0) is 22.4. The summed E-state index contributed by atoms with van der Waals surface area (Å²) in [4.78, 5) is 0. The number of benzene rings is 2. The van der Waals surface area contributed by atoms with Crippen LogP contribution in [0.5, 0.6) is 11.5 Å². The van der Waals surface area contributed by atoms with Crippen LogP contribution in [0.3, 0.4) is 0 Å². The molecule has 0 bridgehead atoms. The van der Waals surface area contributed by atoms with Gasteiger partial charge < -0.3 is 9.47 Å². The molecule has 2 aromatic carbocycles. The molecule has 3 rings (SSSR count). The largest absolute Gasteiger partial charge is 0.493 e. The van der Waals surface area contributed by atoms with Gasteiger partial charge in [-0.15, -0.1) is 0 Å². The summed E-state index contributed by atoms with van der Waals surface area (Å²) in [6.45, 7) is 6.21. The van der Waals surface area contributed by atoms with E-state index >= 15 is 0 Å². The van der Waals surface area contributed by atoms with Crippen LogP contribution in [0.25, 0.3) is 0 Å². The van der Waals surface area contributed by atoms with Crippen molar-refractivity contribution in [2.24, 2.45) is 11.8 Å². The average molecular weight is 437 g/mol. The van der Waals surface area contributed by atoms with E-state index in [0.717, 1.165) is 24.7 Å². The number of rotatable bonds is 14. The number of aryl methyl sites for hydroxylation is 2. The maximum atomic E-state index is 6.11. The summed E-state index contributed by atoms with van der Waals surface area (Å²) in [5, 5.41) is 0. The summed E-state index contributed by atoms with van der Waals surface area (Å²) in [7, 11) is 0. The molecule has 0 amide bonds. The smallest absolute Gasteiger partial charge is 0.119 e. The first-order chi connectivity index (χ1) is 15.8. The quantitative estimate of drug-likeness (QED) is 0.277. The number of hydrogen-bond donors (Lipinski definition) is 0. The van der Waals surface area contributed by atoms with Crippen molar-refractivity contribution in [1.82, 2.24) is 0 Å². The Morgan fingerprint density at radius 1 is 0.562 bits per heavy atom. The van der Waals surface area contributed by atoms with Gasteiger partial charge >= 0.3 is 0 Å². The molecule has 1 saturated carbocycles. The van der Waals surface area contributed by atoms with Crippen molar-refractivity contribution >= 4 is 0 Å². The molecular formula is C30H44O2. The molecule has 2 heteroatoms. The van der Waals surface area contributed by atoms with Gasteiger partial charge in [0.2, 0.25) is 0 Å². The second kappa shape index (κ2) is 14.2. The Balaban J connectivity index is 1.29. The Labute approximate surface area is 196 Å². The highest BCUT2D eigenvalue weighted by molar-refractivity contribution is 5.28. The van der Waals surface area contributed by atoms with Crippen molar-refractivity contribution < 1.29 is 9.47 Å². The zero-order valence-electron chi connectivity index (χ0n) is 20.5. The second-order valence-electron chi connectivity index (χ2n) is 9.71. The van der Waals surface area contributed by atoms with Crippen LogP contribution >= 0.6 is 0 Å². The van der Waals surface area contributed by atoms with Gasteiger partial charge in [-0.3, -0.25) is 0 Å². The topological polar surface area (TPSA) is 18.5 Å². The van der Waals surface area contributed by atoms with E-state index in [0.29, 0.717) is 11.8 Å². The average Bonchev–Trinajstić information content (AvgIpc) is 2.84. The lowest BCUT2D eigenvalue weighted by molar-refractivity contribution is 0.148. The fraction of sp³-hybridized carbons (Fsp3) is 0.600. The molecule has 0 atom stereocenters. The van der Waals surface area contributed by atoms with E-state index in [9.17, 15) is 0 Å². The molecule has 0 spiro atoms.